The third-order valence-corrected chi connectivity index (χ3v) is 5.46. The predicted octanol–water partition coefficient (Wildman–Crippen LogP) is 4.38. The third kappa shape index (κ3) is 3.32. The highest BCUT2D eigenvalue weighted by Crippen LogP contribution is 2.29. The van der Waals surface area contributed by atoms with E-state index in [2.05, 4.69) is 20.6 Å². The van der Waals surface area contributed by atoms with Crippen LogP contribution in [0.2, 0.25) is 5.02 Å². The second kappa shape index (κ2) is 7.21. The van der Waals surface area contributed by atoms with Crippen LogP contribution in [0, 0.1) is 13.8 Å². The van der Waals surface area contributed by atoms with E-state index in [9.17, 15) is 4.79 Å². The summed E-state index contributed by atoms with van der Waals surface area (Å²) in [6.45, 7) is 3.79. The van der Waals surface area contributed by atoms with Gasteiger partial charge in [-0.15, -0.1) is 10.2 Å². The number of nitrogens with one attached hydrogen (secondary N) is 1. The number of hydrogen-bond acceptors (Lipinski definition) is 6. The standard InChI is InChI=1S/C19H16ClN5O2S/c1-10-8-12(18-24-25-11(2)22-23-19(25)28-18)4-6-15(10)21-17(26)14-9-13(20)5-7-16(14)27-3/h4-9H,1-3H3,(H,21,26). The van der Waals surface area contributed by atoms with E-state index < -0.39 is 0 Å². The van der Waals surface area contributed by atoms with E-state index in [1.165, 1.54) is 18.4 Å². The Balaban J connectivity index is 1.61. The van der Waals surface area contributed by atoms with Crippen LogP contribution in [0.5, 0.6) is 5.75 Å². The van der Waals surface area contributed by atoms with E-state index in [1.807, 2.05) is 32.0 Å². The average Bonchev–Trinajstić information content (AvgIpc) is 3.25. The molecule has 0 saturated carbocycles. The summed E-state index contributed by atoms with van der Waals surface area (Å²) in [4.78, 5) is 13.4. The minimum atomic E-state index is -0.287. The molecule has 0 atom stereocenters. The number of fused-ring (bicyclic) bond motifs is 1. The van der Waals surface area contributed by atoms with Gasteiger partial charge in [-0.3, -0.25) is 4.79 Å². The molecule has 0 bridgehead atoms. The lowest BCUT2D eigenvalue weighted by Gasteiger charge is -2.12. The van der Waals surface area contributed by atoms with Crippen LogP contribution in [-0.2, 0) is 0 Å². The lowest BCUT2D eigenvalue weighted by Crippen LogP contribution is -2.14. The lowest BCUT2D eigenvalue weighted by molar-refractivity contribution is 0.102. The maximum atomic E-state index is 12.7. The monoisotopic (exact) mass is 413 g/mol. The molecule has 28 heavy (non-hydrogen) atoms. The molecule has 9 heteroatoms. The molecular weight excluding hydrogens is 398 g/mol. The van der Waals surface area contributed by atoms with Gasteiger partial charge in [0.25, 0.3) is 5.91 Å². The molecule has 4 aromatic rings. The van der Waals surface area contributed by atoms with Crippen molar-refractivity contribution in [1.29, 1.82) is 0 Å². The normalized spacial score (nSPS) is 11.0. The smallest absolute Gasteiger partial charge is 0.259 e. The number of methoxy groups -OCH3 is 1. The zero-order valence-corrected chi connectivity index (χ0v) is 16.9. The highest BCUT2D eigenvalue weighted by Gasteiger charge is 2.15. The van der Waals surface area contributed by atoms with Crippen molar-refractivity contribution in [2.24, 2.45) is 0 Å². The summed E-state index contributed by atoms with van der Waals surface area (Å²) in [5.41, 5.74) is 2.94. The molecule has 0 unspecified atom stereocenters. The number of carbonyl (C=O) groups is 1. The molecule has 0 spiro atoms. The summed E-state index contributed by atoms with van der Waals surface area (Å²) >= 11 is 7.49. The number of benzene rings is 2. The Morgan fingerprint density at radius 2 is 2.00 bits per heavy atom. The Morgan fingerprint density at radius 3 is 2.71 bits per heavy atom. The molecule has 4 rings (SSSR count). The number of halogens is 1. The lowest BCUT2D eigenvalue weighted by atomic mass is 10.1. The summed E-state index contributed by atoms with van der Waals surface area (Å²) < 4.78 is 6.98. The van der Waals surface area contributed by atoms with Crippen LogP contribution in [0.15, 0.2) is 36.4 Å². The molecule has 0 aliphatic heterocycles. The number of hydrogen-bond donors (Lipinski definition) is 1. The molecular formula is C19H16ClN5O2S. The van der Waals surface area contributed by atoms with Gasteiger partial charge in [0.15, 0.2) is 5.82 Å². The van der Waals surface area contributed by atoms with Gasteiger partial charge < -0.3 is 10.1 Å². The minimum absolute atomic E-state index is 0.287. The van der Waals surface area contributed by atoms with Crippen molar-refractivity contribution < 1.29 is 9.53 Å². The van der Waals surface area contributed by atoms with Gasteiger partial charge >= 0.3 is 0 Å². The zero-order chi connectivity index (χ0) is 19.8. The Morgan fingerprint density at radius 1 is 1.18 bits per heavy atom. The van der Waals surface area contributed by atoms with Gasteiger partial charge in [-0.1, -0.05) is 22.9 Å². The first-order valence-corrected chi connectivity index (χ1v) is 9.60. The van der Waals surface area contributed by atoms with E-state index in [0.29, 0.717) is 22.0 Å². The summed E-state index contributed by atoms with van der Waals surface area (Å²) in [6.07, 6.45) is 0. The first-order chi connectivity index (χ1) is 13.5. The highest BCUT2D eigenvalue weighted by molar-refractivity contribution is 7.19. The summed E-state index contributed by atoms with van der Waals surface area (Å²) in [7, 11) is 1.52. The second-order valence-electron chi connectivity index (χ2n) is 6.18. The van der Waals surface area contributed by atoms with E-state index in [1.54, 1.807) is 22.7 Å². The van der Waals surface area contributed by atoms with Crippen molar-refractivity contribution in [3.05, 3.63) is 58.4 Å². The maximum absolute atomic E-state index is 12.7. The molecule has 0 fully saturated rings. The number of nitrogens with zero attached hydrogens (tertiary/aromatic N) is 4. The van der Waals surface area contributed by atoms with Crippen LogP contribution in [0.1, 0.15) is 21.7 Å². The largest absolute Gasteiger partial charge is 0.496 e. The Hall–Kier alpha value is -2.97. The number of amides is 1. The highest BCUT2D eigenvalue weighted by atomic mass is 35.5. The van der Waals surface area contributed by atoms with Gasteiger partial charge in [-0.05, 0) is 55.8 Å². The van der Waals surface area contributed by atoms with Gasteiger partial charge in [0.05, 0.1) is 12.7 Å². The second-order valence-corrected chi connectivity index (χ2v) is 7.57. The molecule has 2 heterocycles. The number of anilines is 1. The third-order valence-electron chi connectivity index (χ3n) is 4.27. The van der Waals surface area contributed by atoms with Crippen LogP contribution >= 0.6 is 22.9 Å². The molecule has 0 radical (unpaired) electrons. The summed E-state index contributed by atoms with van der Waals surface area (Å²) in [5.74, 6) is 0.921. The van der Waals surface area contributed by atoms with Crippen molar-refractivity contribution in [3.8, 4) is 16.3 Å². The number of carbonyl (C=O) groups excluding carboxylic acids is 1. The number of ether oxygens (including phenoxy) is 1. The van der Waals surface area contributed by atoms with Gasteiger partial charge in [0.2, 0.25) is 4.96 Å². The Labute approximate surface area is 169 Å². The Bertz CT molecular complexity index is 1200. The maximum Gasteiger partial charge on any atom is 0.259 e. The Kier molecular flexibility index (Phi) is 4.74. The number of aryl methyl sites for hydroxylation is 2. The van der Waals surface area contributed by atoms with E-state index in [4.69, 9.17) is 16.3 Å². The van der Waals surface area contributed by atoms with Crippen LogP contribution in [0.4, 0.5) is 5.69 Å². The molecule has 2 aromatic heterocycles. The number of rotatable bonds is 4. The fraction of sp³-hybridized carbons (Fsp3) is 0.158. The topological polar surface area (TPSA) is 81.4 Å². The van der Waals surface area contributed by atoms with E-state index in [0.717, 1.165) is 26.9 Å². The molecule has 142 valence electrons. The van der Waals surface area contributed by atoms with Crippen molar-refractivity contribution >= 4 is 39.5 Å². The molecule has 0 aliphatic carbocycles. The van der Waals surface area contributed by atoms with Gasteiger partial charge in [0.1, 0.15) is 10.8 Å². The van der Waals surface area contributed by atoms with Gasteiger partial charge in [-0.2, -0.15) is 9.61 Å². The number of aromatic nitrogens is 4. The van der Waals surface area contributed by atoms with Crippen molar-refractivity contribution in [2.75, 3.05) is 12.4 Å². The quantitative estimate of drug-likeness (QED) is 0.536. The van der Waals surface area contributed by atoms with Crippen molar-refractivity contribution in [3.63, 3.8) is 0 Å². The molecule has 1 amide bonds. The van der Waals surface area contributed by atoms with Crippen LogP contribution in [0.25, 0.3) is 15.5 Å². The van der Waals surface area contributed by atoms with Gasteiger partial charge in [-0.25, -0.2) is 0 Å². The molecule has 0 aliphatic rings. The predicted molar refractivity (Wildman–Crippen MR) is 110 cm³/mol. The fourth-order valence-corrected chi connectivity index (χ4v) is 3.87. The summed E-state index contributed by atoms with van der Waals surface area (Å²) in [5, 5.41) is 16.9. The molecule has 0 saturated heterocycles. The van der Waals surface area contributed by atoms with Crippen LogP contribution < -0.4 is 10.1 Å². The minimum Gasteiger partial charge on any atom is -0.496 e. The summed E-state index contributed by atoms with van der Waals surface area (Å²) in [6, 6.07) is 10.7. The first-order valence-electron chi connectivity index (χ1n) is 8.41. The van der Waals surface area contributed by atoms with Crippen molar-refractivity contribution in [2.45, 2.75) is 13.8 Å². The fourth-order valence-electron chi connectivity index (χ4n) is 2.82. The first kappa shape index (κ1) is 18.4. The van der Waals surface area contributed by atoms with Crippen molar-refractivity contribution in [1.82, 2.24) is 19.8 Å². The van der Waals surface area contributed by atoms with Gasteiger partial charge in [0, 0.05) is 16.3 Å². The van der Waals surface area contributed by atoms with Crippen LogP contribution in [0.3, 0.4) is 0 Å². The van der Waals surface area contributed by atoms with E-state index in [-0.39, 0.29) is 5.91 Å². The van der Waals surface area contributed by atoms with E-state index >= 15 is 0 Å². The molecule has 7 nitrogen and oxygen atoms in total. The molecule has 2 aromatic carbocycles. The average molecular weight is 414 g/mol. The van der Waals surface area contributed by atoms with Crippen LogP contribution in [-0.4, -0.2) is 32.8 Å². The zero-order valence-electron chi connectivity index (χ0n) is 15.4. The molecule has 1 N–H and O–H groups in total. The SMILES string of the molecule is COc1ccc(Cl)cc1C(=O)Nc1ccc(-c2nn3c(C)nnc3s2)cc1C.